The molecular formula is C18H19N3O3S. The summed E-state index contributed by atoms with van der Waals surface area (Å²) in [6.45, 7) is 5.34. The van der Waals surface area contributed by atoms with Gasteiger partial charge in [0.2, 0.25) is 0 Å². The van der Waals surface area contributed by atoms with E-state index in [2.05, 4.69) is 15.0 Å². The fourth-order valence-electron chi connectivity index (χ4n) is 2.72. The lowest BCUT2D eigenvalue weighted by atomic mass is 10.1. The van der Waals surface area contributed by atoms with Crippen molar-refractivity contribution < 1.29 is 14.1 Å². The minimum absolute atomic E-state index is 0.0225. The number of Topliss-reactive ketones (excluding diaryl/α,β-unsaturated/α-hetero) is 1. The van der Waals surface area contributed by atoms with Crippen LogP contribution >= 0.6 is 0 Å². The Labute approximate surface area is 148 Å². The van der Waals surface area contributed by atoms with Gasteiger partial charge in [0, 0.05) is 34.1 Å². The SMILES string of the molecule is COc1c(C)cnc(C[S+]([O-])c2nc3ccc(C(C)=O)cc3[nH]2)c1C. The minimum atomic E-state index is -1.38. The number of aryl methyl sites for hydroxylation is 1. The monoisotopic (exact) mass is 357 g/mol. The molecule has 0 saturated heterocycles. The van der Waals surface area contributed by atoms with Crippen LogP contribution in [0.2, 0.25) is 0 Å². The van der Waals surface area contributed by atoms with E-state index in [1.165, 1.54) is 6.92 Å². The first-order valence-electron chi connectivity index (χ1n) is 7.79. The van der Waals surface area contributed by atoms with E-state index in [1.807, 2.05) is 13.8 Å². The molecule has 0 saturated carbocycles. The zero-order valence-corrected chi connectivity index (χ0v) is 15.4. The zero-order chi connectivity index (χ0) is 18.1. The Hall–Kier alpha value is -2.38. The predicted octanol–water partition coefficient (Wildman–Crippen LogP) is 3.09. The second kappa shape index (κ2) is 6.85. The maximum Gasteiger partial charge on any atom is 0.322 e. The number of carbonyl (C=O) groups excluding carboxylic acids is 1. The molecule has 1 atom stereocenters. The molecule has 0 bridgehead atoms. The fourth-order valence-corrected chi connectivity index (χ4v) is 3.82. The van der Waals surface area contributed by atoms with Crippen molar-refractivity contribution in [1.29, 1.82) is 0 Å². The van der Waals surface area contributed by atoms with Gasteiger partial charge in [-0.05, 0) is 39.0 Å². The van der Waals surface area contributed by atoms with Crippen LogP contribution in [0.3, 0.4) is 0 Å². The number of carbonyl (C=O) groups is 1. The molecule has 1 unspecified atom stereocenters. The molecule has 3 aromatic rings. The number of aromatic amines is 1. The molecule has 0 aliphatic rings. The van der Waals surface area contributed by atoms with Crippen LogP contribution in [0.25, 0.3) is 11.0 Å². The van der Waals surface area contributed by atoms with E-state index >= 15 is 0 Å². The number of hydrogen-bond donors (Lipinski definition) is 1. The van der Waals surface area contributed by atoms with Gasteiger partial charge >= 0.3 is 5.16 Å². The van der Waals surface area contributed by atoms with E-state index in [-0.39, 0.29) is 11.5 Å². The Morgan fingerprint density at radius 3 is 2.80 bits per heavy atom. The Kier molecular flexibility index (Phi) is 4.78. The Bertz CT molecular complexity index is 952. The molecule has 0 fully saturated rings. The number of ether oxygens (including phenoxy) is 1. The number of H-pyrrole nitrogens is 1. The van der Waals surface area contributed by atoms with Gasteiger partial charge in [-0.3, -0.25) is 14.8 Å². The van der Waals surface area contributed by atoms with E-state index in [0.717, 1.165) is 16.9 Å². The van der Waals surface area contributed by atoms with Gasteiger partial charge in [0.1, 0.15) is 5.75 Å². The van der Waals surface area contributed by atoms with Crippen LogP contribution in [0.5, 0.6) is 5.75 Å². The maximum atomic E-state index is 12.7. The van der Waals surface area contributed by atoms with E-state index in [4.69, 9.17) is 4.74 Å². The molecule has 1 aromatic carbocycles. The second-order valence-electron chi connectivity index (χ2n) is 5.87. The highest BCUT2D eigenvalue weighted by Crippen LogP contribution is 2.26. The molecule has 6 nitrogen and oxygen atoms in total. The van der Waals surface area contributed by atoms with Crippen LogP contribution in [-0.4, -0.2) is 32.4 Å². The Balaban J connectivity index is 1.90. The average Bonchev–Trinajstić information content (AvgIpc) is 3.01. The molecule has 7 heteroatoms. The van der Waals surface area contributed by atoms with Gasteiger partial charge in [-0.2, -0.15) is 4.98 Å². The van der Waals surface area contributed by atoms with Crippen LogP contribution in [0.4, 0.5) is 0 Å². The summed E-state index contributed by atoms with van der Waals surface area (Å²) in [5.41, 5.74) is 4.50. The lowest BCUT2D eigenvalue weighted by Gasteiger charge is -2.13. The first-order chi connectivity index (χ1) is 11.9. The molecule has 0 aliphatic carbocycles. The maximum absolute atomic E-state index is 12.7. The highest BCUT2D eigenvalue weighted by molar-refractivity contribution is 7.90. The van der Waals surface area contributed by atoms with Crippen LogP contribution < -0.4 is 4.74 Å². The number of nitrogens with one attached hydrogen (secondary N) is 1. The van der Waals surface area contributed by atoms with Crippen LogP contribution in [0.1, 0.15) is 34.1 Å². The van der Waals surface area contributed by atoms with E-state index in [0.29, 0.717) is 27.4 Å². The Morgan fingerprint density at radius 1 is 1.36 bits per heavy atom. The lowest BCUT2D eigenvalue weighted by Crippen LogP contribution is -2.10. The molecule has 3 rings (SSSR count). The number of nitrogens with zero attached hydrogens (tertiary/aromatic N) is 2. The predicted molar refractivity (Wildman–Crippen MR) is 96.5 cm³/mol. The van der Waals surface area contributed by atoms with Gasteiger partial charge in [-0.25, -0.2) is 0 Å². The lowest BCUT2D eigenvalue weighted by molar-refractivity contribution is 0.101. The van der Waals surface area contributed by atoms with Gasteiger partial charge in [0.25, 0.3) is 0 Å². The quantitative estimate of drug-likeness (QED) is 0.560. The molecule has 25 heavy (non-hydrogen) atoms. The molecule has 0 amide bonds. The first kappa shape index (κ1) is 17.4. The van der Waals surface area contributed by atoms with E-state index < -0.39 is 11.2 Å². The number of ketones is 1. The van der Waals surface area contributed by atoms with E-state index in [9.17, 15) is 9.35 Å². The van der Waals surface area contributed by atoms with Gasteiger partial charge < -0.3 is 9.29 Å². The number of benzene rings is 1. The fraction of sp³-hybridized carbons (Fsp3) is 0.278. The summed E-state index contributed by atoms with van der Waals surface area (Å²) >= 11 is -1.38. The van der Waals surface area contributed by atoms with Crippen molar-refractivity contribution in [3.05, 3.63) is 46.8 Å². The van der Waals surface area contributed by atoms with Crippen molar-refractivity contribution >= 4 is 28.0 Å². The van der Waals surface area contributed by atoms with Gasteiger partial charge in [0.15, 0.2) is 11.5 Å². The van der Waals surface area contributed by atoms with Crippen LogP contribution in [-0.2, 0) is 16.9 Å². The molecule has 0 aliphatic heterocycles. The molecule has 0 spiro atoms. The summed E-state index contributed by atoms with van der Waals surface area (Å²) in [5, 5.41) is 0.372. The van der Waals surface area contributed by atoms with Gasteiger partial charge in [0.05, 0.1) is 23.8 Å². The van der Waals surface area contributed by atoms with Crippen molar-refractivity contribution in [2.75, 3.05) is 7.11 Å². The summed E-state index contributed by atoms with van der Waals surface area (Å²) in [6.07, 6.45) is 1.72. The summed E-state index contributed by atoms with van der Waals surface area (Å²) in [7, 11) is 1.61. The Morgan fingerprint density at radius 2 is 2.12 bits per heavy atom. The number of methoxy groups -OCH3 is 1. The molecule has 130 valence electrons. The van der Waals surface area contributed by atoms with Crippen molar-refractivity contribution in [2.45, 2.75) is 31.7 Å². The summed E-state index contributed by atoms with van der Waals surface area (Å²) in [5.74, 6) is 0.977. The average molecular weight is 357 g/mol. The smallest absolute Gasteiger partial charge is 0.322 e. The topological polar surface area (TPSA) is 90.9 Å². The summed E-state index contributed by atoms with van der Waals surface area (Å²) < 4.78 is 18.1. The van der Waals surface area contributed by atoms with Crippen molar-refractivity contribution in [1.82, 2.24) is 15.0 Å². The normalized spacial score (nSPS) is 12.4. The minimum Gasteiger partial charge on any atom is -0.609 e. The molecule has 2 aromatic heterocycles. The van der Waals surface area contributed by atoms with Gasteiger partial charge in [-0.1, -0.05) is 0 Å². The van der Waals surface area contributed by atoms with Gasteiger partial charge in [-0.15, -0.1) is 0 Å². The number of aromatic nitrogens is 3. The molecular weight excluding hydrogens is 338 g/mol. The van der Waals surface area contributed by atoms with Crippen LogP contribution in [0.15, 0.2) is 29.6 Å². The number of hydrogen-bond acceptors (Lipinski definition) is 5. The third-order valence-electron chi connectivity index (χ3n) is 4.10. The third kappa shape index (κ3) is 3.38. The number of imidazole rings is 1. The highest BCUT2D eigenvalue weighted by Gasteiger charge is 2.21. The number of pyridine rings is 1. The largest absolute Gasteiger partial charge is 0.609 e. The number of rotatable bonds is 5. The first-order valence-corrected chi connectivity index (χ1v) is 9.10. The summed E-state index contributed by atoms with van der Waals surface area (Å²) in [6, 6.07) is 5.19. The second-order valence-corrected chi connectivity index (χ2v) is 7.23. The third-order valence-corrected chi connectivity index (χ3v) is 5.26. The standard InChI is InChI=1S/C18H19N3O3S/c1-10-8-19-16(11(2)17(10)24-4)9-25(23)18-20-14-6-5-13(12(3)22)7-15(14)21-18/h5-8H,9H2,1-4H3,(H,20,21). The molecule has 2 heterocycles. The van der Waals surface area contributed by atoms with Crippen molar-refractivity contribution in [3.8, 4) is 5.75 Å². The van der Waals surface area contributed by atoms with Crippen LogP contribution in [0, 0.1) is 13.8 Å². The van der Waals surface area contributed by atoms with Crippen molar-refractivity contribution in [3.63, 3.8) is 0 Å². The molecule has 0 radical (unpaired) electrons. The van der Waals surface area contributed by atoms with Crippen molar-refractivity contribution in [2.24, 2.45) is 0 Å². The zero-order valence-electron chi connectivity index (χ0n) is 14.5. The van der Waals surface area contributed by atoms with E-state index in [1.54, 1.807) is 31.5 Å². The summed E-state index contributed by atoms with van der Waals surface area (Å²) in [4.78, 5) is 23.3. The molecule has 1 N–H and O–H groups in total. The highest BCUT2D eigenvalue weighted by atomic mass is 32.2. The number of fused-ring (bicyclic) bond motifs is 1.